The molecule has 5 nitrogen and oxygen atoms in total. The third kappa shape index (κ3) is 3.59. The molecule has 0 fully saturated rings. The van der Waals surface area contributed by atoms with Gasteiger partial charge in [-0.15, -0.1) is 0 Å². The van der Waals surface area contributed by atoms with E-state index >= 15 is 0 Å². The number of carbonyl (C=O) groups excluding carboxylic acids is 2. The van der Waals surface area contributed by atoms with Gasteiger partial charge in [-0.3, -0.25) is 4.79 Å². The lowest BCUT2D eigenvalue weighted by molar-refractivity contribution is -0.118. The second kappa shape index (κ2) is 7.05. The maximum atomic E-state index is 12.1. The molecule has 0 aliphatic carbocycles. The molecule has 1 aromatic carbocycles. The summed E-state index contributed by atoms with van der Waals surface area (Å²) in [5.41, 5.74) is 3.99. The van der Waals surface area contributed by atoms with Gasteiger partial charge in [0.25, 0.3) is 0 Å². The second-order valence-electron chi connectivity index (χ2n) is 6.09. The Morgan fingerprint density at radius 2 is 2.17 bits per heavy atom. The van der Waals surface area contributed by atoms with Gasteiger partial charge in [-0.05, 0) is 58.5 Å². The number of rotatable bonds is 4. The van der Waals surface area contributed by atoms with Gasteiger partial charge in [0.1, 0.15) is 0 Å². The molecular weight excluding hydrogens is 322 g/mol. The number of anilines is 2. The second-order valence-corrected chi connectivity index (χ2v) is 6.87. The molecule has 0 saturated carbocycles. The molecule has 1 unspecified atom stereocenters. The first-order valence-corrected chi connectivity index (χ1v) is 8.95. The van der Waals surface area contributed by atoms with Gasteiger partial charge in [0.2, 0.25) is 5.91 Å². The Kier molecular flexibility index (Phi) is 4.85. The smallest absolute Gasteiger partial charge is 0.319 e. The predicted molar refractivity (Wildman–Crippen MR) is 97.9 cm³/mol. The minimum Gasteiger partial charge on any atom is -0.337 e. The number of amides is 3. The number of benzene rings is 1. The Hall–Kier alpha value is -2.34. The standard InChI is InChI=1S/C18H21N3O2S/c1-12(14-7-8-24-11-14)10-19-18(23)20-15-4-5-16-13(9-15)3-6-17(22)21(16)2/h4-5,7-9,11-12H,3,6,10H2,1-2H3,(H2,19,20,23). The molecule has 0 saturated heterocycles. The van der Waals surface area contributed by atoms with E-state index in [1.54, 1.807) is 23.3 Å². The molecule has 3 rings (SSSR count). The van der Waals surface area contributed by atoms with Crippen LogP contribution in [0.4, 0.5) is 16.2 Å². The van der Waals surface area contributed by atoms with E-state index in [1.807, 2.05) is 23.6 Å². The summed E-state index contributed by atoms with van der Waals surface area (Å²) in [6.45, 7) is 2.68. The van der Waals surface area contributed by atoms with Crippen molar-refractivity contribution in [3.05, 3.63) is 46.2 Å². The van der Waals surface area contributed by atoms with Crippen LogP contribution in [0.25, 0.3) is 0 Å². The van der Waals surface area contributed by atoms with Crippen LogP contribution in [-0.4, -0.2) is 25.5 Å². The highest BCUT2D eigenvalue weighted by atomic mass is 32.1. The van der Waals surface area contributed by atoms with Gasteiger partial charge >= 0.3 is 6.03 Å². The quantitative estimate of drug-likeness (QED) is 0.891. The van der Waals surface area contributed by atoms with E-state index in [2.05, 4.69) is 29.0 Å². The highest BCUT2D eigenvalue weighted by Crippen LogP contribution is 2.29. The van der Waals surface area contributed by atoms with Crippen LogP contribution in [0.5, 0.6) is 0 Å². The Balaban J connectivity index is 1.58. The molecule has 6 heteroatoms. The van der Waals surface area contributed by atoms with Crippen molar-refractivity contribution < 1.29 is 9.59 Å². The normalized spacial score (nSPS) is 14.9. The van der Waals surface area contributed by atoms with E-state index in [9.17, 15) is 9.59 Å². The third-order valence-electron chi connectivity index (χ3n) is 4.36. The van der Waals surface area contributed by atoms with Gasteiger partial charge < -0.3 is 15.5 Å². The van der Waals surface area contributed by atoms with Crippen molar-refractivity contribution in [2.75, 3.05) is 23.8 Å². The van der Waals surface area contributed by atoms with Crippen molar-refractivity contribution in [1.29, 1.82) is 0 Å². The predicted octanol–water partition coefficient (Wildman–Crippen LogP) is 3.58. The SMILES string of the molecule is CC(CNC(=O)Nc1ccc2c(c1)CCC(=O)N2C)c1ccsc1. The van der Waals surface area contributed by atoms with E-state index in [-0.39, 0.29) is 17.9 Å². The average molecular weight is 343 g/mol. The topological polar surface area (TPSA) is 61.4 Å². The Bertz CT molecular complexity index is 743. The number of hydrogen-bond acceptors (Lipinski definition) is 3. The highest BCUT2D eigenvalue weighted by molar-refractivity contribution is 7.07. The lowest BCUT2D eigenvalue weighted by Gasteiger charge is -2.26. The van der Waals surface area contributed by atoms with Crippen molar-refractivity contribution in [1.82, 2.24) is 5.32 Å². The number of aryl methyl sites for hydroxylation is 1. The molecule has 24 heavy (non-hydrogen) atoms. The van der Waals surface area contributed by atoms with Crippen molar-refractivity contribution in [3.63, 3.8) is 0 Å². The summed E-state index contributed by atoms with van der Waals surface area (Å²) in [5.74, 6) is 0.411. The monoisotopic (exact) mass is 343 g/mol. The van der Waals surface area contributed by atoms with Gasteiger partial charge in [-0.2, -0.15) is 11.3 Å². The molecule has 0 spiro atoms. The number of nitrogens with one attached hydrogen (secondary N) is 2. The fourth-order valence-corrected chi connectivity index (χ4v) is 3.61. The Morgan fingerprint density at radius 1 is 1.33 bits per heavy atom. The fraction of sp³-hybridized carbons (Fsp3) is 0.333. The minimum absolute atomic E-state index is 0.128. The summed E-state index contributed by atoms with van der Waals surface area (Å²) in [5, 5.41) is 9.92. The first-order chi connectivity index (χ1) is 11.5. The zero-order chi connectivity index (χ0) is 17.1. The van der Waals surface area contributed by atoms with Crippen LogP contribution in [0.15, 0.2) is 35.0 Å². The van der Waals surface area contributed by atoms with Crippen LogP contribution in [0.3, 0.4) is 0 Å². The molecule has 3 amide bonds. The minimum atomic E-state index is -0.211. The van der Waals surface area contributed by atoms with Crippen LogP contribution in [0, 0.1) is 0 Å². The molecule has 2 N–H and O–H groups in total. The summed E-state index contributed by atoms with van der Waals surface area (Å²) < 4.78 is 0. The lowest BCUT2D eigenvalue weighted by Crippen LogP contribution is -2.32. The van der Waals surface area contributed by atoms with E-state index in [1.165, 1.54) is 5.56 Å². The van der Waals surface area contributed by atoms with Crippen molar-refractivity contribution in [3.8, 4) is 0 Å². The van der Waals surface area contributed by atoms with Crippen molar-refractivity contribution in [2.24, 2.45) is 0 Å². The number of fused-ring (bicyclic) bond motifs is 1. The fourth-order valence-electron chi connectivity index (χ4n) is 2.83. The summed E-state index contributed by atoms with van der Waals surface area (Å²) in [6.07, 6.45) is 1.22. The van der Waals surface area contributed by atoms with Crippen LogP contribution in [-0.2, 0) is 11.2 Å². The summed E-state index contributed by atoms with van der Waals surface area (Å²) in [4.78, 5) is 25.5. The molecule has 0 bridgehead atoms. The van der Waals surface area contributed by atoms with Crippen LogP contribution < -0.4 is 15.5 Å². The maximum absolute atomic E-state index is 12.1. The molecule has 0 radical (unpaired) electrons. The van der Waals surface area contributed by atoms with Gasteiger partial charge in [-0.1, -0.05) is 6.92 Å². The van der Waals surface area contributed by atoms with Crippen molar-refractivity contribution in [2.45, 2.75) is 25.7 Å². The van der Waals surface area contributed by atoms with E-state index in [4.69, 9.17) is 0 Å². The number of hydrogen-bond donors (Lipinski definition) is 2. The van der Waals surface area contributed by atoms with E-state index < -0.39 is 0 Å². The van der Waals surface area contributed by atoms with Gasteiger partial charge in [0.05, 0.1) is 0 Å². The summed E-state index contributed by atoms with van der Waals surface area (Å²) in [7, 11) is 1.78. The van der Waals surface area contributed by atoms with Crippen molar-refractivity contribution >= 4 is 34.6 Å². The molecule has 1 atom stereocenters. The molecule has 1 aliphatic rings. The average Bonchev–Trinajstić information content (AvgIpc) is 3.11. The van der Waals surface area contributed by atoms with Crippen LogP contribution >= 0.6 is 11.3 Å². The van der Waals surface area contributed by atoms with Gasteiger partial charge in [-0.25, -0.2) is 4.79 Å². The Morgan fingerprint density at radius 3 is 2.92 bits per heavy atom. The molecule has 2 aromatic rings. The highest BCUT2D eigenvalue weighted by Gasteiger charge is 2.21. The van der Waals surface area contributed by atoms with Crippen LogP contribution in [0.2, 0.25) is 0 Å². The van der Waals surface area contributed by atoms with Gasteiger partial charge in [0, 0.05) is 31.4 Å². The summed E-state index contributed by atoms with van der Waals surface area (Å²) in [6, 6.07) is 7.53. The molecule has 1 aliphatic heterocycles. The van der Waals surface area contributed by atoms with Crippen LogP contribution in [0.1, 0.15) is 30.4 Å². The molecule has 2 heterocycles. The van der Waals surface area contributed by atoms with E-state index in [0.717, 1.165) is 16.9 Å². The first kappa shape index (κ1) is 16.5. The first-order valence-electron chi connectivity index (χ1n) is 8.01. The third-order valence-corrected chi connectivity index (χ3v) is 5.06. The zero-order valence-corrected chi connectivity index (χ0v) is 14.7. The molecule has 126 valence electrons. The molecule has 1 aromatic heterocycles. The number of urea groups is 1. The maximum Gasteiger partial charge on any atom is 0.319 e. The van der Waals surface area contributed by atoms with E-state index in [0.29, 0.717) is 19.4 Å². The number of thiophene rings is 1. The lowest BCUT2D eigenvalue weighted by atomic mass is 10.0. The number of carbonyl (C=O) groups is 2. The Labute approximate surface area is 145 Å². The number of nitrogens with zero attached hydrogens (tertiary/aromatic N) is 1. The zero-order valence-electron chi connectivity index (χ0n) is 13.8. The van der Waals surface area contributed by atoms with Gasteiger partial charge in [0.15, 0.2) is 0 Å². The largest absolute Gasteiger partial charge is 0.337 e. The molecular formula is C18H21N3O2S. The summed E-state index contributed by atoms with van der Waals surface area (Å²) >= 11 is 1.66.